The van der Waals surface area contributed by atoms with Crippen molar-refractivity contribution in [1.29, 1.82) is 0 Å². The number of aromatic nitrogens is 1. The zero-order valence-electron chi connectivity index (χ0n) is 8.14. The molecule has 0 saturated carbocycles. The highest BCUT2D eigenvalue weighted by Gasteiger charge is 2.19. The smallest absolute Gasteiger partial charge is 0.310 e. The van der Waals surface area contributed by atoms with Crippen molar-refractivity contribution in [1.82, 2.24) is 4.98 Å². The third-order valence-electron chi connectivity index (χ3n) is 1.81. The number of alkyl halides is 2. The van der Waals surface area contributed by atoms with Gasteiger partial charge in [-0.25, -0.2) is 13.8 Å². The van der Waals surface area contributed by atoms with E-state index < -0.39 is 18.1 Å². The number of rotatable bonds is 3. The van der Waals surface area contributed by atoms with E-state index in [0.717, 1.165) is 0 Å². The summed E-state index contributed by atoms with van der Waals surface area (Å²) in [5, 5.41) is 0. The van der Waals surface area contributed by atoms with Crippen LogP contribution in [-0.2, 0) is 16.0 Å². The highest BCUT2D eigenvalue weighted by atomic mass is 127. The summed E-state index contributed by atoms with van der Waals surface area (Å²) in [6.07, 6.45) is -2.92. The Morgan fingerprint density at radius 2 is 2.31 bits per heavy atom. The van der Waals surface area contributed by atoms with Crippen molar-refractivity contribution in [2.75, 3.05) is 7.11 Å². The minimum Gasteiger partial charge on any atom is -0.469 e. The first-order chi connectivity index (χ1) is 7.45. The fraction of sp³-hybridized carbons (Fsp3) is 0.333. The third kappa shape index (κ3) is 3.34. The van der Waals surface area contributed by atoms with Crippen LogP contribution in [0.25, 0.3) is 0 Å². The van der Waals surface area contributed by atoms with Gasteiger partial charge in [0, 0.05) is 3.57 Å². The summed E-state index contributed by atoms with van der Waals surface area (Å²) in [7, 11) is 1.21. The Balaban J connectivity index is 3.14. The molecule has 0 N–H and O–H groups in total. The van der Waals surface area contributed by atoms with Crippen LogP contribution in [-0.4, -0.2) is 18.1 Å². The average molecular weight is 406 g/mol. The maximum Gasteiger partial charge on any atom is 0.310 e. The molecule has 7 heteroatoms. The number of halogens is 4. The molecule has 88 valence electrons. The highest BCUT2D eigenvalue weighted by molar-refractivity contribution is 14.1. The first-order valence-electron chi connectivity index (χ1n) is 4.15. The van der Waals surface area contributed by atoms with Gasteiger partial charge in [0.25, 0.3) is 6.43 Å². The molecule has 0 saturated heterocycles. The van der Waals surface area contributed by atoms with Gasteiger partial charge >= 0.3 is 5.97 Å². The van der Waals surface area contributed by atoms with Gasteiger partial charge in [0.05, 0.1) is 13.5 Å². The topological polar surface area (TPSA) is 39.2 Å². The van der Waals surface area contributed by atoms with Crippen molar-refractivity contribution < 1.29 is 18.3 Å². The first kappa shape index (κ1) is 13.8. The van der Waals surface area contributed by atoms with E-state index in [1.807, 2.05) is 22.6 Å². The number of esters is 1. The zero-order valence-corrected chi connectivity index (χ0v) is 11.9. The molecule has 0 unspecified atom stereocenters. The van der Waals surface area contributed by atoms with E-state index >= 15 is 0 Å². The van der Waals surface area contributed by atoms with Crippen LogP contribution in [0.1, 0.15) is 17.7 Å². The van der Waals surface area contributed by atoms with Gasteiger partial charge in [-0.1, -0.05) is 0 Å². The van der Waals surface area contributed by atoms with Crippen molar-refractivity contribution in [3.63, 3.8) is 0 Å². The molecule has 1 rings (SSSR count). The van der Waals surface area contributed by atoms with Crippen LogP contribution in [0.15, 0.2) is 10.7 Å². The van der Waals surface area contributed by atoms with E-state index in [1.54, 1.807) is 0 Å². The van der Waals surface area contributed by atoms with Crippen LogP contribution in [0.4, 0.5) is 8.78 Å². The Bertz CT molecular complexity index is 415. The summed E-state index contributed by atoms with van der Waals surface area (Å²) in [6.45, 7) is 0. The number of pyridine rings is 1. The molecule has 0 spiro atoms. The van der Waals surface area contributed by atoms with Gasteiger partial charge in [-0.2, -0.15) is 0 Å². The average Bonchev–Trinajstić information content (AvgIpc) is 2.22. The Hall–Kier alpha value is -0.310. The largest absolute Gasteiger partial charge is 0.469 e. The molecule has 1 aromatic rings. The SMILES string of the molecule is COC(=O)Cc1cc(I)c(Br)nc1C(F)F. The normalized spacial score (nSPS) is 10.6. The van der Waals surface area contributed by atoms with E-state index in [-0.39, 0.29) is 12.0 Å². The lowest BCUT2D eigenvalue weighted by Crippen LogP contribution is -2.09. The van der Waals surface area contributed by atoms with E-state index in [4.69, 9.17) is 0 Å². The molecule has 1 aromatic heterocycles. The molecule has 1 heterocycles. The second kappa shape index (κ2) is 5.85. The van der Waals surface area contributed by atoms with Crippen molar-refractivity contribution >= 4 is 44.5 Å². The van der Waals surface area contributed by atoms with Gasteiger partial charge in [0.2, 0.25) is 0 Å². The molecule has 0 aromatic carbocycles. The van der Waals surface area contributed by atoms with Crippen LogP contribution < -0.4 is 0 Å². The standard InChI is InChI=1S/C9H7BrF2INO2/c1-16-6(15)3-4-2-5(13)8(10)14-7(4)9(11)12/h2,9H,3H2,1H3. The molecule has 0 aliphatic rings. The molecule has 0 bridgehead atoms. The fourth-order valence-corrected chi connectivity index (χ4v) is 1.88. The van der Waals surface area contributed by atoms with Crippen molar-refractivity contribution in [3.05, 3.63) is 25.5 Å². The van der Waals surface area contributed by atoms with Gasteiger partial charge < -0.3 is 4.74 Å². The molecular formula is C9H7BrF2INO2. The minimum atomic E-state index is -2.71. The van der Waals surface area contributed by atoms with Crippen LogP contribution in [0.5, 0.6) is 0 Å². The maximum absolute atomic E-state index is 12.7. The molecule has 0 fully saturated rings. The molecule has 3 nitrogen and oxygen atoms in total. The van der Waals surface area contributed by atoms with Crippen molar-refractivity contribution in [2.24, 2.45) is 0 Å². The lowest BCUT2D eigenvalue weighted by molar-refractivity contribution is -0.139. The monoisotopic (exact) mass is 405 g/mol. The zero-order chi connectivity index (χ0) is 12.3. The second-order valence-corrected chi connectivity index (χ2v) is 4.77. The molecular weight excluding hydrogens is 399 g/mol. The van der Waals surface area contributed by atoms with Crippen LogP contribution in [0.3, 0.4) is 0 Å². The van der Waals surface area contributed by atoms with Gasteiger partial charge in [-0.3, -0.25) is 4.79 Å². The van der Waals surface area contributed by atoms with Crippen molar-refractivity contribution in [3.8, 4) is 0 Å². The lowest BCUT2D eigenvalue weighted by Gasteiger charge is -2.08. The molecule has 0 aliphatic carbocycles. The Morgan fingerprint density at radius 1 is 1.69 bits per heavy atom. The number of methoxy groups -OCH3 is 1. The van der Waals surface area contributed by atoms with Gasteiger partial charge in [0.15, 0.2) is 0 Å². The van der Waals surface area contributed by atoms with Crippen LogP contribution in [0, 0.1) is 3.57 Å². The van der Waals surface area contributed by atoms with Gasteiger partial charge in [-0.15, -0.1) is 0 Å². The lowest BCUT2D eigenvalue weighted by atomic mass is 10.1. The summed E-state index contributed by atoms with van der Waals surface area (Å²) in [5.41, 5.74) is -0.202. The summed E-state index contributed by atoms with van der Waals surface area (Å²) >= 11 is 5.01. The molecule has 0 radical (unpaired) electrons. The third-order valence-corrected chi connectivity index (χ3v) is 3.98. The Labute approximate surface area is 113 Å². The number of carbonyl (C=O) groups excluding carboxylic acids is 1. The fourth-order valence-electron chi connectivity index (χ4n) is 1.08. The predicted octanol–water partition coefficient (Wildman–Crippen LogP) is 3.10. The quantitative estimate of drug-likeness (QED) is 0.440. The maximum atomic E-state index is 12.7. The highest BCUT2D eigenvalue weighted by Crippen LogP contribution is 2.27. The Kier molecular flexibility index (Phi) is 5.03. The molecule has 16 heavy (non-hydrogen) atoms. The van der Waals surface area contributed by atoms with E-state index in [1.165, 1.54) is 13.2 Å². The molecule has 0 amide bonds. The number of hydrogen-bond donors (Lipinski definition) is 0. The van der Waals surface area contributed by atoms with Gasteiger partial charge in [0.1, 0.15) is 10.3 Å². The summed E-state index contributed by atoms with van der Waals surface area (Å²) in [5.74, 6) is -0.568. The first-order valence-corrected chi connectivity index (χ1v) is 6.02. The van der Waals surface area contributed by atoms with E-state index in [2.05, 4.69) is 25.7 Å². The predicted molar refractivity (Wildman–Crippen MR) is 65.3 cm³/mol. The van der Waals surface area contributed by atoms with Crippen LogP contribution in [0.2, 0.25) is 0 Å². The van der Waals surface area contributed by atoms with Crippen LogP contribution >= 0.6 is 38.5 Å². The van der Waals surface area contributed by atoms with E-state index in [0.29, 0.717) is 8.17 Å². The van der Waals surface area contributed by atoms with Crippen molar-refractivity contribution in [2.45, 2.75) is 12.8 Å². The number of ether oxygens (including phenoxy) is 1. The number of hydrogen-bond acceptors (Lipinski definition) is 3. The minimum absolute atomic E-state index is 0.189. The number of nitrogens with zero attached hydrogens (tertiary/aromatic N) is 1. The summed E-state index contributed by atoms with van der Waals surface area (Å²) in [4.78, 5) is 14.8. The summed E-state index contributed by atoms with van der Waals surface area (Å²) < 4.78 is 30.8. The molecule has 0 atom stereocenters. The van der Waals surface area contributed by atoms with Gasteiger partial charge in [-0.05, 0) is 50.2 Å². The second-order valence-electron chi connectivity index (χ2n) is 2.86. The Morgan fingerprint density at radius 3 is 2.81 bits per heavy atom. The number of carbonyl (C=O) groups is 1. The molecule has 0 aliphatic heterocycles. The van der Waals surface area contributed by atoms with E-state index in [9.17, 15) is 13.6 Å². The summed E-state index contributed by atoms with van der Waals surface area (Å²) in [6, 6.07) is 1.50.